The van der Waals surface area contributed by atoms with Crippen LogP contribution in [0.4, 0.5) is 8.78 Å². The molecule has 0 aliphatic carbocycles. The van der Waals surface area contributed by atoms with E-state index in [9.17, 15) is 18.4 Å². The van der Waals surface area contributed by atoms with Crippen molar-refractivity contribution in [3.63, 3.8) is 0 Å². The summed E-state index contributed by atoms with van der Waals surface area (Å²) in [6, 6.07) is 8.42. The van der Waals surface area contributed by atoms with E-state index < -0.39 is 17.6 Å². The van der Waals surface area contributed by atoms with Crippen molar-refractivity contribution >= 4 is 57.1 Å². The van der Waals surface area contributed by atoms with Gasteiger partial charge in [0.25, 0.3) is 5.91 Å². The van der Waals surface area contributed by atoms with E-state index in [0.29, 0.717) is 3.57 Å². The van der Waals surface area contributed by atoms with E-state index in [0.717, 1.165) is 9.64 Å². The Hall–Kier alpha value is -1.34. The molecule has 9 heteroatoms. The second-order valence-corrected chi connectivity index (χ2v) is 7.74. The average molecular weight is 604 g/mol. The SMILES string of the molecule is CN(C)C(=O)c1cc(I)ccc1F.CNC.O=C(O)c1cc(I)ccc1F. The van der Waals surface area contributed by atoms with E-state index in [1.54, 1.807) is 20.2 Å². The quantitative estimate of drug-likeness (QED) is 0.508. The van der Waals surface area contributed by atoms with Gasteiger partial charge < -0.3 is 15.3 Å². The molecule has 0 spiro atoms. The highest BCUT2D eigenvalue weighted by atomic mass is 127. The number of hydrogen-bond acceptors (Lipinski definition) is 3. The van der Waals surface area contributed by atoms with Gasteiger partial charge in [-0.3, -0.25) is 4.79 Å². The van der Waals surface area contributed by atoms with Crippen molar-refractivity contribution in [2.45, 2.75) is 0 Å². The Kier molecular flexibility index (Phi) is 12.3. The van der Waals surface area contributed by atoms with Gasteiger partial charge in [0.1, 0.15) is 11.6 Å². The molecule has 0 aliphatic heterocycles. The zero-order chi connectivity index (χ0) is 21.1. The summed E-state index contributed by atoms with van der Waals surface area (Å²) in [5.41, 5.74) is -0.159. The summed E-state index contributed by atoms with van der Waals surface area (Å²) in [5.74, 6) is -2.71. The molecule has 0 radical (unpaired) electrons. The second-order valence-electron chi connectivity index (χ2n) is 5.25. The van der Waals surface area contributed by atoms with Crippen molar-refractivity contribution in [2.75, 3.05) is 28.2 Å². The maximum atomic E-state index is 13.1. The summed E-state index contributed by atoms with van der Waals surface area (Å²) < 4.78 is 27.3. The maximum Gasteiger partial charge on any atom is 0.338 e. The van der Waals surface area contributed by atoms with E-state index in [-0.39, 0.29) is 17.0 Å². The molecule has 148 valence electrons. The van der Waals surface area contributed by atoms with Crippen LogP contribution in [0.3, 0.4) is 0 Å². The Morgan fingerprint density at radius 2 is 1.30 bits per heavy atom. The number of aromatic carboxylic acids is 1. The monoisotopic (exact) mass is 604 g/mol. The van der Waals surface area contributed by atoms with Crippen LogP contribution < -0.4 is 5.32 Å². The molecular formula is C18H20F2I2N2O3. The Labute approximate surface area is 184 Å². The third-order valence-electron chi connectivity index (χ3n) is 2.72. The number of benzene rings is 2. The van der Waals surface area contributed by atoms with Gasteiger partial charge in [0.05, 0.1) is 11.1 Å². The Balaban J connectivity index is 0.000000442. The van der Waals surface area contributed by atoms with Crippen LogP contribution in [0.2, 0.25) is 0 Å². The Morgan fingerprint density at radius 1 is 0.926 bits per heavy atom. The lowest BCUT2D eigenvalue weighted by Crippen LogP contribution is -2.22. The predicted octanol–water partition coefficient (Wildman–Crippen LogP) is 4.10. The van der Waals surface area contributed by atoms with Crippen LogP contribution in [0, 0.1) is 18.8 Å². The second kappa shape index (κ2) is 12.9. The van der Waals surface area contributed by atoms with E-state index >= 15 is 0 Å². The number of nitrogens with zero attached hydrogens (tertiary/aromatic N) is 1. The van der Waals surface area contributed by atoms with Gasteiger partial charge in [-0.2, -0.15) is 0 Å². The normalized spacial score (nSPS) is 9.33. The molecule has 0 fully saturated rings. The third-order valence-corrected chi connectivity index (χ3v) is 4.07. The number of hydrogen-bond donors (Lipinski definition) is 2. The van der Waals surface area contributed by atoms with Gasteiger partial charge in [0.15, 0.2) is 0 Å². The van der Waals surface area contributed by atoms with Crippen LogP contribution in [0.15, 0.2) is 36.4 Å². The molecule has 0 unspecified atom stereocenters. The minimum absolute atomic E-state index is 0.122. The summed E-state index contributed by atoms with van der Waals surface area (Å²) in [6.45, 7) is 0. The van der Waals surface area contributed by atoms with Crippen molar-refractivity contribution in [2.24, 2.45) is 0 Å². The lowest BCUT2D eigenvalue weighted by atomic mass is 10.2. The standard InChI is InChI=1S/C9H9FINO.C7H4FIO2.C2H7N/c1-12(2)9(13)7-5-6(11)3-4-8(7)10;8-6-2-1-4(9)3-5(6)7(10)11;1-3-2/h3-5H,1-2H3;1-3H,(H,10,11);3H,1-2H3. The number of carbonyl (C=O) groups excluding carboxylic acids is 1. The highest BCUT2D eigenvalue weighted by Crippen LogP contribution is 2.14. The number of nitrogens with one attached hydrogen (secondary N) is 1. The first-order valence-corrected chi connectivity index (χ1v) is 9.64. The minimum Gasteiger partial charge on any atom is -0.478 e. The van der Waals surface area contributed by atoms with Crippen LogP contribution in [-0.2, 0) is 0 Å². The smallest absolute Gasteiger partial charge is 0.338 e. The van der Waals surface area contributed by atoms with E-state index in [4.69, 9.17) is 5.11 Å². The van der Waals surface area contributed by atoms with E-state index in [2.05, 4.69) is 5.32 Å². The average Bonchev–Trinajstić information content (AvgIpc) is 2.59. The third kappa shape index (κ3) is 9.42. The number of amides is 1. The molecule has 0 bridgehead atoms. The lowest BCUT2D eigenvalue weighted by molar-refractivity contribution is 0.0691. The highest BCUT2D eigenvalue weighted by molar-refractivity contribution is 14.1. The van der Waals surface area contributed by atoms with Crippen molar-refractivity contribution in [1.29, 1.82) is 0 Å². The molecule has 2 rings (SSSR count). The molecule has 0 heterocycles. The molecule has 0 saturated heterocycles. The Bertz CT molecular complexity index is 787. The van der Waals surface area contributed by atoms with Gasteiger partial charge in [0, 0.05) is 21.2 Å². The van der Waals surface area contributed by atoms with Crippen LogP contribution in [0.5, 0.6) is 0 Å². The largest absolute Gasteiger partial charge is 0.478 e. The van der Waals surface area contributed by atoms with E-state index in [1.807, 2.05) is 59.3 Å². The van der Waals surface area contributed by atoms with E-state index in [1.165, 1.54) is 29.2 Å². The number of carboxylic acid groups (broad SMARTS) is 1. The number of carbonyl (C=O) groups is 2. The molecule has 1 amide bonds. The molecule has 5 nitrogen and oxygen atoms in total. The van der Waals surface area contributed by atoms with Crippen LogP contribution in [-0.4, -0.2) is 50.1 Å². The van der Waals surface area contributed by atoms with Gasteiger partial charge in [-0.15, -0.1) is 0 Å². The summed E-state index contributed by atoms with van der Waals surface area (Å²) in [5, 5.41) is 11.2. The fourth-order valence-corrected chi connectivity index (χ4v) is 2.55. The Morgan fingerprint density at radius 3 is 1.63 bits per heavy atom. The molecule has 27 heavy (non-hydrogen) atoms. The van der Waals surface area contributed by atoms with Gasteiger partial charge >= 0.3 is 5.97 Å². The van der Waals surface area contributed by atoms with Crippen LogP contribution in [0.1, 0.15) is 20.7 Å². The van der Waals surface area contributed by atoms with Gasteiger partial charge in [-0.1, -0.05) is 0 Å². The fraction of sp³-hybridized carbons (Fsp3) is 0.222. The first-order chi connectivity index (χ1) is 12.5. The van der Waals surface area contributed by atoms with Crippen LogP contribution in [0.25, 0.3) is 0 Å². The predicted molar refractivity (Wildman–Crippen MR) is 118 cm³/mol. The summed E-state index contributed by atoms with van der Waals surface area (Å²) in [7, 11) is 6.95. The molecule has 0 atom stereocenters. The first kappa shape index (κ1) is 25.7. The number of rotatable bonds is 2. The zero-order valence-corrected chi connectivity index (χ0v) is 19.5. The van der Waals surface area contributed by atoms with Crippen molar-refractivity contribution in [3.8, 4) is 0 Å². The number of halogens is 4. The minimum atomic E-state index is -1.24. The zero-order valence-electron chi connectivity index (χ0n) is 15.2. The summed E-state index contributed by atoms with van der Waals surface area (Å²) >= 11 is 3.97. The van der Waals surface area contributed by atoms with Crippen molar-refractivity contribution in [3.05, 3.63) is 66.3 Å². The highest BCUT2D eigenvalue weighted by Gasteiger charge is 2.13. The molecule has 2 N–H and O–H groups in total. The van der Waals surface area contributed by atoms with Crippen molar-refractivity contribution < 1.29 is 23.5 Å². The molecule has 0 saturated carbocycles. The molecule has 0 aliphatic rings. The van der Waals surface area contributed by atoms with Gasteiger partial charge in [0.2, 0.25) is 0 Å². The maximum absolute atomic E-state index is 13.1. The molecular weight excluding hydrogens is 584 g/mol. The first-order valence-electron chi connectivity index (χ1n) is 7.48. The molecule has 0 aromatic heterocycles. The van der Waals surface area contributed by atoms with Crippen LogP contribution >= 0.6 is 45.2 Å². The van der Waals surface area contributed by atoms with Crippen molar-refractivity contribution in [1.82, 2.24) is 10.2 Å². The summed E-state index contributed by atoms with van der Waals surface area (Å²) in [6.07, 6.45) is 0. The molecule has 2 aromatic carbocycles. The fourth-order valence-electron chi connectivity index (χ4n) is 1.56. The van der Waals surface area contributed by atoms with Gasteiger partial charge in [-0.05, 0) is 95.7 Å². The lowest BCUT2D eigenvalue weighted by Gasteiger charge is -2.10. The van der Waals surface area contributed by atoms with Gasteiger partial charge in [-0.25, -0.2) is 13.6 Å². The number of carboxylic acids is 1. The molecule has 2 aromatic rings. The summed E-state index contributed by atoms with van der Waals surface area (Å²) in [4.78, 5) is 23.1. The topological polar surface area (TPSA) is 69.6 Å².